The zero-order chi connectivity index (χ0) is 28.0. The van der Waals surface area contributed by atoms with E-state index in [0.717, 1.165) is 4.57 Å². The number of aromatic nitrogens is 5. The first-order valence-electron chi connectivity index (χ1n) is 10.9. The molecule has 0 saturated carbocycles. The topological polar surface area (TPSA) is 112 Å². The molecule has 0 aliphatic carbocycles. The summed E-state index contributed by atoms with van der Waals surface area (Å²) in [6, 6.07) is 6.12. The molecule has 0 atom stereocenters. The summed E-state index contributed by atoms with van der Waals surface area (Å²) >= 11 is 0. The van der Waals surface area contributed by atoms with Crippen LogP contribution in [0.25, 0.3) is 0 Å². The minimum Gasteiger partial charge on any atom is -0.329 e. The summed E-state index contributed by atoms with van der Waals surface area (Å²) in [4.78, 5) is 41.9. The van der Waals surface area contributed by atoms with Gasteiger partial charge in [0, 0.05) is 30.6 Å². The smallest absolute Gasteiger partial charge is 0.329 e. The molecule has 0 N–H and O–H groups in total. The van der Waals surface area contributed by atoms with Gasteiger partial charge in [-0.2, -0.15) is 26.3 Å². The minimum atomic E-state index is -5.34. The lowest BCUT2D eigenvalue weighted by Crippen LogP contribution is -2.41. The number of hydrogen-bond acceptors (Lipinski definition) is 7. The maximum atomic E-state index is 13.1. The van der Waals surface area contributed by atoms with E-state index in [1.807, 2.05) is 0 Å². The van der Waals surface area contributed by atoms with Gasteiger partial charge in [-0.25, -0.2) is 4.79 Å². The molecular formula is C22H18F6N6O4. The zero-order valence-corrected chi connectivity index (χ0v) is 19.7. The van der Waals surface area contributed by atoms with E-state index in [4.69, 9.17) is 0 Å². The van der Waals surface area contributed by atoms with Gasteiger partial charge in [-0.1, -0.05) is 12.1 Å². The summed E-state index contributed by atoms with van der Waals surface area (Å²) in [6.07, 6.45) is -10.1. The van der Waals surface area contributed by atoms with Gasteiger partial charge in [0.15, 0.2) is 5.82 Å². The van der Waals surface area contributed by atoms with Crippen LogP contribution in [-0.4, -0.2) is 54.2 Å². The summed E-state index contributed by atoms with van der Waals surface area (Å²) in [5.41, 5.74) is 0.108. The van der Waals surface area contributed by atoms with Gasteiger partial charge in [-0.05, 0) is 42.0 Å². The third-order valence-electron chi connectivity index (χ3n) is 5.94. The first kappa shape index (κ1) is 26.8. The van der Waals surface area contributed by atoms with Crippen LogP contribution in [-0.2, 0) is 30.5 Å². The molecule has 0 bridgehead atoms. The Labute approximate surface area is 209 Å². The average Bonchev–Trinajstić information content (AvgIpc) is 3.28. The molecule has 1 aromatic carbocycles. The molecular weight excluding hydrogens is 526 g/mol. The van der Waals surface area contributed by atoms with Crippen molar-refractivity contribution in [3.63, 3.8) is 0 Å². The van der Waals surface area contributed by atoms with Crippen molar-refractivity contribution in [2.45, 2.75) is 45.7 Å². The number of fused-ring (bicyclic) bond motifs is 1. The third-order valence-corrected chi connectivity index (χ3v) is 5.94. The Balaban J connectivity index is 1.56. The summed E-state index contributed by atoms with van der Waals surface area (Å²) in [5.74, 6) is -4.26. The second-order valence-corrected chi connectivity index (χ2v) is 8.44. The number of nitrogens with zero attached hydrogens (tertiary/aromatic N) is 6. The van der Waals surface area contributed by atoms with Crippen LogP contribution in [0.5, 0.6) is 0 Å². The zero-order valence-electron chi connectivity index (χ0n) is 19.7. The van der Waals surface area contributed by atoms with Gasteiger partial charge in [0.1, 0.15) is 0 Å². The summed E-state index contributed by atoms with van der Waals surface area (Å²) < 4.78 is 77.9. The van der Waals surface area contributed by atoms with E-state index >= 15 is 0 Å². The molecule has 0 spiro atoms. The van der Waals surface area contributed by atoms with Crippen molar-refractivity contribution in [2.75, 3.05) is 6.54 Å². The van der Waals surface area contributed by atoms with Gasteiger partial charge in [-0.15, -0.1) is 15.3 Å². The van der Waals surface area contributed by atoms with Crippen molar-refractivity contribution >= 4 is 11.9 Å². The molecule has 0 fully saturated rings. The number of benzene rings is 1. The number of alkyl halides is 6. The molecule has 1 amide bonds. The highest BCUT2D eigenvalue weighted by Gasteiger charge is 2.43. The molecule has 0 saturated heterocycles. The van der Waals surface area contributed by atoms with Gasteiger partial charge in [0.2, 0.25) is 5.82 Å². The summed E-state index contributed by atoms with van der Waals surface area (Å²) in [5, 5.41) is 10.5. The Morgan fingerprint density at radius 2 is 1.74 bits per heavy atom. The highest BCUT2D eigenvalue weighted by molar-refractivity contribution is 5.94. The monoisotopic (exact) mass is 544 g/mol. The number of hydrogen-bond donors (Lipinski definition) is 0. The molecule has 16 heteroatoms. The van der Waals surface area contributed by atoms with Gasteiger partial charge >= 0.3 is 23.9 Å². The third kappa shape index (κ3) is 5.24. The van der Waals surface area contributed by atoms with Crippen LogP contribution in [0.4, 0.5) is 26.3 Å². The van der Waals surface area contributed by atoms with Crippen molar-refractivity contribution in [2.24, 2.45) is 0 Å². The molecule has 38 heavy (non-hydrogen) atoms. The molecule has 0 radical (unpaired) electrons. The Bertz CT molecular complexity index is 1480. The van der Waals surface area contributed by atoms with Gasteiger partial charge in [0.05, 0.1) is 12.2 Å². The fourth-order valence-corrected chi connectivity index (χ4v) is 3.84. The van der Waals surface area contributed by atoms with E-state index in [9.17, 15) is 40.7 Å². The number of carbonyl (C=O) groups is 2. The average molecular weight is 544 g/mol. The number of amides is 1. The fraction of sp³-hybridized carbons (Fsp3) is 0.364. The Morgan fingerprint density at radius 1 is 1.03 bits per heavy atom. The minimum absolute atomic E-state index is 0.00728. The predicted molar refractivity (Wildman–Crippen MR) is 115 cm³/mol. The number of carbonyl (C=O) groups excluding carboxylic acids is 2. The van der Waals surface area contributed by atoms with Crippen LogP contribution < -0.4 is 10.4 Å². The molecule has 1 aliphatic rings. The lowest BCUT2D eigenvalue weighted by molar-refractivity contribution is -0.202. The number of halogens is 6. The molecule has 202 valence electrons. The van der Waals surface area contributed by atoms with Gasteiger partial charge in [0.25, 0.3) is 5.91 Å². The maximum absolute atomic E-state index is 13.1. The first-order chi connectivity index (χ1) is 17.7. The van der Waals surface area contributed by atoms with Crippen LogP contribution in [0.3, 0.4) is 0 Å². The largest absolute Gasteiger partial charge is 0.493 e. The van der Waals surface area contributed by atoms with Crippen molar-refractivity contribution in [3.05, 3.63) is 74.2 Å². The fourth-order valence-electron chi connectivity index (χ4n) is 3.84. The summed E-state index contributed by atoms with van der Waals surface area (Å²) in [7, 11) is 0. The SMILES string of the molecule is Cc1c(Cc2cccc(C(=O)N3CCn4c(nnc4C(F)(F)F)C3)c2)nn(OC(=O)C(F)(F)F)c(=O)c1C. The molecule has 4 rings (SSSR count). The van der Waals surface area contributed by atoms with Crippen molar-refractivity contribution in [3.8, 4) is 0 Å². The quantitative estimate of drug-likeness (QED) is 0.463. The van der Waals surface area contributed by atoms with Crippen LogP contribution in [0.1, 0.15) is 44.4 Å². The van der Waals surface area contributed by atoms with Crippen LogP contribution in [0.15, 0.2) is 29.1 Å². The highest BCUT2D eigenvalue weighted by atomic mass is 19.4. The van der Waals surface area contributed by atoms with E-state index in [-0.39, 0.29) is 53.5 Å². The second kappa shape index (κ2) is 9.57. The van der Waals surface area contributed by atoms with E-state index in [2.05, 4.69) is 20.1 Å². The van der Waals surface area contributed by atoms with Crippen molar-refractivity contribution in [1.29, 1.82) is 0 Å². The van der Waals surface area contributed by atoms with Crippen molar-refractivity contribution in [1.82, 2.24) is 29.6 Å². The predicted octanol–water partition coefficient (Wildman–Crippen LogP) is 2.23. The van der Waals surface area contributed by atoms with E-state index in [1.54, 1.807) is 12.1 Å². The molecule has 2 aromatic heterocycles. The molecule has 3 heterocycles. The standard InChI is InChI=1S/C22H18F6N6O4/c1-11-12(2)17(35)34(38-20(37)22(26,27)28)31-15(11)9-13-4-3-5-14(8-13)18(36)32-6-7-33-16(10-32)29-30-19(33)21(23,24)25/h3-5,8H,6-7,9-10H2,1-2H3. The Morgan fingerprint density at radius 3 is 2.39 bits per heavy atom. The van der Waals surface area contributed by atoms with E-state index < -0.39 is 35.6 Å². The van der Waals surface area contributed by atoms with E-state index in [1.165, 1.54) is 30.9 Å². The molecule has 1 aliphatic heterocycles. The molecule has 10 nitrogen and oxygen atoms in total. The van der Waals surface area contributed by atoms with Crippen LogP contribution in [0, 0.1) is 13.8 Å². The van der Waals surface area contributed by atoms with Gasteiger partial charge in [-0.3, -0.25) is 9.59 Å². The second-order valence-electron chi connectivity index (χ2n) is 8.44. The summed E-state index contributed by atoms with van der Waals surface area (Å²) in [6.45, 7) is 2.49. The van der Waals surface area contributed by atoms with Crippen LogP contribution >= 0.6 is 0 Å². The van der Waals surface area contributed by atoms with E-state index in [0.29, 0.717) is 11.1 Å². The van der Waals surface area contributed by atoms with Crippen LogP contribution in [0.2, 0.25) is 0 Å². The van der Waals surface area contributed by atoms with Crippen molar-refractivity contribution < 1.29 is 40.8 Å². The first-order valence-corrected chi connectivity index (χ1v) is 10.9. The molecule has 3 aromatic rings. The lowest BCUT2D eigenvalue weighted by atomic mass is 10.0. The lowest BCUT2D eigenvalue weighted by Gasteiger charge is -2.28. The number of rotatable bonds is 4. The normalized spacial score (nSPS) is 13.8. The Kier molecular flexibility index (Phi) is 6.75. The molecule has 0 unspecified atom stereocenters. The van der Waals surface area contributed by atoms with Gasteiger partial charge < -0.3 is 14.3 Å². The Hall–Kier alpha value is -4.24. The maximum Gasteiger partial charge on any atom is 0.493 e. The highest BCUT2D eigenvalue weighted by Crippen LogP contribution is 2.29.